The molecular formula is C17H20N2OS. The van der Waals surface area contributed by atoms with E-state index in [2.05, 4.69) is 23.4 Å². The zero-order valence-corrected chi connectivity index (χ0v) is 13.5. The van der Waals surface area contributed by atoms with Gasteiger partial charge in [-0.25, -0.2) is 4.98 Å². The number of hydrogen-bond donors (Lipinski definition) is 0. The SMILES string of the molecule is Cc1ccc(SCC(=O)c2cc(C)n(C3CC3)c2C)nc1. The predicted octanol–water partition coefficient (Wildman–Crippen LogP) is 4.12. The van der Waals surface area contributed by atoms with Gasteiger partial charge in [0.1, 0.15) is 0 Å². The summed E-state index contributed by atoms with van der Waals surface area (Å²) in [4.78, 5) is 16.8. The molecular weight excluding hydrogens is 280 g/mol. The lowest BCUT2D eigenvalue weighted by molar-refractivity contribution is 0.102. The van der Waals surface area contributed by atoms with Gasteiger partial charge in [-0.05, 0) is 51.3 Å². The van der Waals surface area contributed by atoms with E-state index in [0.717, 1.165) is 21.8 Å². The minimum absolute atomic E-state index is 0.197. The van der Waals surface area contributed by atoms with E-state index < -0.39 is 0 Å². The van der Waals surface area contributed by atoms with Gasteiger partial charge >= 0.3 is 0 Å². The number of carbonyl (C=O) groups is 1. The van der Waals surface area contributed by atoms with E-state index in [0.29, 0.717) is 11.8 Å². The number of pyridine rings is 1. The predicted molar refractivity (Wildman–Crippen MR) is 86.2 cm³/mol. The average molecular weight is 300 g/mol. The second-order valence-electron chi connectivity index (χ2n) is 5.77. The third-order valence-electron chi connectivity index (χ3n) is 3.93. The Morgan fingerprint density at radius 1 is 1.33 bits per heavy atom. The first-order valence-electron chi connectivity index (χ1n) is 7.33. The summed E-state index contributed by atoms with van der Waals surface area (Å²) < 4.78 is 2.32. The summed E-state index contributed by atoms with van der Waals surface area (Å²) in [5.74, 6) is 0.646. The summed E-state index contributed by atoms with van der Waals surface area (Å²) in [7, 11) is 0. The van der Waals surface area contributed by atoms with Crippen LogP contribution in [0.25, 0.3) is 0 Å². The van der Waals surface area contributed by atoms with E-state index >= 15 is 0 Å². The van der Waals surface area contributed by atoms with Crippen LogP contribution in [0, 0.1) is 20.8 Å². The minimum atomic E-state index is 0.197. The van der Waals surface area contributed by atoms with Gasteiger partial charge in [0.05, 0.1) is 10.8 Å². The zero-order valence-electron chi connectivity index (χ0n) is 12.7. The molecule has 1 fully saturated rings. The Hall–Kier alpha value is -1.55. The number of ketones is 1. The molecule has 4 heteroatoms. The minimum Gasteiger partial charge on any atom is -0.345 e. The molecule has 0 N–H and O–H groups in total. The number of aryl methyl sites for hydroxylation is 2. The lowest BCUT2D eigenvalue weighted by atomic mass is 10.2. The molecule has 3 rings (SSSR count). The smallest absolute Gasteiger partial charge is 0.174 e. The number of rotatable bonds is 5. The highest BCUT2D eigenvalue weighted by atomic mass is 32.2. The van der Waals surface area contributed by atoms with Crippen LogP contribution in [-0.2, 0) is 0 Å². The number of hydrogen-bond acceptors (Lipinski definition) is 3. The van der Waals surface area contributed by atoms with Crippen molar-refractivity contribution in [2.75, 3.05) is 5.75 Å². The van der Waals surface area contributed by atoms with Crippen LogP contribution in [0.15, 0.2) is 29.4 Å². The van der Waals surface area contributed by atoms with Crippen LogP contribution < -0.4 is 0 Å². The van der Waals surface area contributed by atoms with Crippen LogP contribution in [0.2, 0.25) is 0 Å². The molecule has 21 heavy (non-hydrogen) atoms. The molecule has 3 nitrogen and oxygen atoms in total. The van der Waals surface area contributed by atoms with Crippen LogP contribution >= 0.6 is 11.8 Å². The molecule has 0 radical (unpaired) electrons. The molecule has 2 heterocycles. The number of thioether (sulfide) groups is 1. The van der Waals surface area contributed by atoms with Crippen molar-refractivity contribution in [3.8, 4) is 0 Å². The first-order valence-corrected chi connectivity index (χ1v) is 8.32. The Kier molecular flexibility index (Phi) is 3.89. The molecule has 0 unspecified atom stereocenters. The highest BCUT2D eigenvalue weighted by molar-refractivity contribution is 7.99. The first kappa shape index (κ1) is 14.4. The third-order valence-corrected chi connectivity index (χ3v) is 4.88. The van der Waals surface area contributed by atoms with Gasteiger partial charge in [0.15, 0.2) is 5.78 Å². The van der Waals surface area contributed by atoms with Gasteiger partial charge in [-0.1, -0.05) is 17.8 Å². The molecule has 2 aromatic heterocycles. The fourth-order valence-corrected chi connectivity index (χ4v) is 3.44. The molecule has 110 valence electrons. The van der Waals surface area contributed by atoms with Gasteiger partial charge in [-0.3, -0.25) is 4.79 Å². The number of nitrogens with zero attached hydrogens (tertiary/aromatic N) is 2. The maximum absolute atomic E-state index is 12.5. The van der Waals surface area contributed by atoms with Crippen molar-refractivity contribution in [3.05, 3.63) is 46.9 Å². The summed E-state index contributed by atoms with van der Waals surface area (Å²) in [6.07, 6.45) is 4.32. The summed E-state index contributed by atoms with van der Waals surface area (Å²) >= 11 is 1.51. The molecule has 1 aliphatic carbocycles. The van der Waals surface area contributed by atoms with Crippen molar-refractivity contribution >= 4 is 17.5 Å². The quantitative estimate of drug-likeness (QED) is 0.615. The Bertz CT molecular complexity index is 669. The lowest BCUT2D eigenvalue weighted by Crippen LogP contribution is -2.06. The Labute approximate surface area is 129 Å². The monoisotopic (exact) mass is 300 g/mol. The Morgan fingerprint density at radius 2 is 2.10 bits per heavy atom. The zero-order chi connectivity index (χ0) is 15.0. The molecule has 0 aliphatic heterocycles. The van der Waals surface area contributed by atoms with Crippen molar-refractivity contribution in [2.24, 2.45) is 0 Å². The molecule has 0 spiro atoms. The highest BCUT2D eigenvalue weighted by Gasteiger charge is 2.28. The number of Topliss-reactive ketones (excluding diaryl/α,β-unsaturated/α-hetero) is 1. The summed E-state index contributed by atoms with van der Waals surface area (Å²) in [6.45, 7) is 6.17. The third kappa shape index (κ3) is 3.05. The normalized spacial score (nSPS) is 14.4. The lowest BCUT2D eigenvalue weighted by Gasteiger charge is -2.07. The molecule has 0 atom stereocenters. The Morgan fingerprint density at radius 3 is 2.71 bits per heavy atom. The number of carbonyl (C=O) groups excluding carboxylic acids is 1. The second kappa shape index (κ2) is 5.68. The van der Waals surface area contributed by atoms with E-state index in [1.54, 1.807) is 0 Å². The van der Waals surface area contributed by atoms with Gasteiger partial charge in [0, 0.05) is 29.2 Å². The van der Waals surface area contributed by atoms with E-state index in [4.69, 9.17) is 0 Å². The van der Waals surface area contributed by atoms with Crippen molar-refractivity contribution in [3.63, 3.8) is 0 Å². The van der Waals surface area contributed by atoms with E-state index in [1.165, 1.54) is 30.3 Å². The highest BCUT2D eigenvalue weighted by Crippen LogP contribution is 2.38. The largest absolute Gasteiger partial charge is 0.345 e. The van der Waals surface area contributed by atoms with Gasteiger partial charge in [-0.15, -0.1) is 0 Å². The fourth-order valence-electron chi connectivity index (χ4n) is 2.71. The molecule has 0 aromatic carbocycles. The summed E-state index contributed by atoms with van der Waals surface area (Å²) in [5, 5.41) is 0.907. The maximum atomic E-state index is 12.5. The van der Waals surface area contributed by atoms with Gasteiger partial charge in [-0.2, -0.15) is 0 Å². The van der Waals surface area contributed by atoms with Gasteiger partial charge < -0.3 is 4.57 Å². The fraction of sp³-hybridized carbons (Fsp3) is 0.412. The Balaban J connectivity index is 1.71. The average Bonchev–Trinajstić information content (AvgIpc) is 3.24. The second-order valence-corrected chi connectivity index (χ2v) is 6.77. The molecule has 2 aromatic rings. The van der Waals surface area contributed by atoms with Crippen molar-refractivity contribution in [2.45, 2.75) is 44.7 Å². The van der Waals surface area contributed by atoms with E-state index in [9.17, 15) is 4.79 Å². The standard InChI is InChI=1S/C17H20N2OS/c1-11-4-7-17(18-9-11)21-10-16(20)15-8-12(2)19(13(15)3)14-5-6-14/h4,7-9,14H,5-6,10H2,1-3H3. The molecule has 0 saturated heterocycles. The van der Waals surface area contributed by atoms with Gasteiger partial charge in [0.25, 0.3) is 0 Å². The van der Waals surface area contributed by atoms with Crippen molar-refractivity contribution in [1.82, 2.24) is 9.55 Å². The molecule has 1 aliphatic rings. The topological polar surface area (TPSA) is 34.9 Å². The molecule has 0 bridgehead atoms. The first-order chi connectivity index (χ1) is 10.1. The van der Waals surface area contributed by atoms with Crippen LogP contribution in [0.3, 0.4) is 0 Å². The number of aromatic nitrogens is 2. The van der Waals surface area contributed by atoms with Crippen LogP contribution in [0.1, 0.15) is 46.2 Å². The molecule has 0 amide bonds. The van der Waals surface area contributed by atoms with Crippen LogP contribution in [0.4, 0.5) is 0 Å². The summed E-state index contributed by atoms with van der Waals surface area (Å²) in [5.41, 5.74) is 4.34. The van der Waals surface area contributed by atoms with Gasteiger partial charge in [0.2, 0.25) is 0 Å². The van der Waals surface area contributed by atoms with E-state index in [1.807, 2.05) is 31.3 Å². The van der Waals surface area contributed by atoms with Crippen molar-refractivity contribution < 1.29 is 4.79 Å². The summed E-state index contributed by atoms with van der Waals surface area (Å²) in [6, 6.07) is 6.66. The van der Waals surface area contributed by atoms with Crippen LogP contribution in [-0.4, -0.2) is 21.1 Å². The van der Waals surface area contributed by atoms with Crippen LogP contribution in [0.5, 0.6) is 0 Å². The van der Waals surface area contributed by atoms with E-state index in [-0.39, 0.29) is 5.78 Å². The maximum Gasteiger partial charge on any atom is 0.174 e. The van der Waals surface area contributed by atoms with Crippen molar-refractivity contribution in [1.29, 1.82) is 0 Å². The molecule has 1 saturated carbocycles.